The van der Waals surface area contributed by atoms with Crippen molar-refractivity contribution in [2.45, 2.75) is 0 Å². The first-order chi connectivity index (χ1) is 12.1. The van der Waals surface area contributed by atoms with Crippen molar-refractivity contribution >= 4 is 17.8 Å². The molecule has 2 aromatic rings. The van der Waals surface area contributed by atoms with E-state index in [0.29, 0.717) is 11.5 Å². The van der Waals surface area contributed by atoms with E-state index >= 15 is 0 Å². The second kappa shape index (κ2) is 9.71. The van der Waals surface area contributed by atoms with Gasteiger partial charge in [-0.3, -0.25) is 0 Å². The van der Waals surface area contributed by atoms with Crippen LogP contribution in [0.2, 0.25) is 0 Å². The molecule has 0 aliphatic heterocycles. The van der Waals surface area contributed by atoms with E-state index in [4.69, 9.17) is 18.9 Å². The highest BCUT2D eigenvalue weighted by molar-refractivity contribution is 5.71. The Morgan fingerprint density at radius 1 is 0.760 bits per heavy atom. The highest BCUT2D eigenvalue weighted by atomic mass is 16.7. The third-order valence-corrected chi connectivity index (χ3v) is 3.51. The molecule has 25 heavy (non-hydrogen) atoms. The molecule has 5 nitrogen and oxygen atoms in total. The van der Waals surface area contributed by atoms with Crippen molar-refractivity contribution < 1.29 is 18.9 Å². The summed E-state index contributed by atoms with van der Waals surface area (Å²) >= 11 is 0. The third kappa shape index (κ3) is 5.81. The van der Waals surface area contributed by atoms with Crippen molar-refractivity contribution in [2.24, 2.45) is 0 Å². The molecule has 0 saturated carbocycles. The number of hydrogen-bond donors (Lipinski definition) is 0. The van der Waals surface area contributed by atoms with Gasteiger partial charge in [-0.15, -0.1) is 0 Å². The molecule has 0 bridgehead atoms. The average Bonchev–Trinajstić information content (AvgIpc) is 2.64. The van der Waals surface area contributed by atoms with Crippen molar-refractivity contribution in [3.8, 4) is 11.5 Å². The second-order valence-electron chi connectivity index (χ2n) is 5.63. The fraction of sp³-hybridized carbons (Fsp3) is 0.300. The molecule has 0 N–H and O–H groups in total. The maximum absolute atomic E-state index is 5.58. The van der Waals surface area contributed by atoms with Crippen molar-refractivity contribution in [3.05, 3.63) is 53.6 Å². The van der Waals surface area contributed by atoms with Crippen LogP contribution in [0, 0.1) is 0 Å². The molecule has 0 atom stereocenters. The first-order valence-corrected chi connectivity index (χ1v) is 7.97. The first kappa shape index (κ1) is 18.8. The molecule has 0 radical (unpaired) electrons. The van der Waals surface area contributed by atoms with E-state index < -0.39 is 0 Å². The zero-order valence-electron chi connectivity index (χ0n) is 15.2. The quantitative estimate of drug-likeness (QED) is 0.510. The topological polar surface area (TPSA) is 40.2 Å². The van der Waals surface area contributed by atoms with Gasteiger partial charge in [-0.05, 0) is 35.4 Å². The highest BCUT2D eigenvalue weighted by Crippen LogP contribution is 2.29. The smallest absolute Gasteiger partial charge is 0.188 e. The molecule has 0 amide bonds. The zero-order valence-corrected chi connectivity index (χ0v) is 15.2. The lowest BCUT2D eigenvalue weighted by Gasteiger charge is -2.12. The van der Waals surface area contributed by atoms with Gasteiger partial charge in [0.05, 0.1) is 0 Å². The lowest BCUT2D eigenvalue weighted by atomic mass is 10.1. The number of nitrogens with zero attached hydrogens (tertiary/aromatic N) is 1. The Bertz CT molecular complexity index is 681. The van der Waals surface area contributed by atoms with E-state index in [2.05, 4.69) is 35.2 Å². The van der Waals surface area contributed by atoms with Crippen LogP contribution in [0.5, 0.6) is 11.5 Å². The monoisotopic (exact) mass is 343 g/mol. The molecule has 2 rings (SSSR count). The summed E-state index contributed by atoms with van der Waals surface area (Å²) in [5, 5.41) is 0. The minimum atomic E-state index is 0.155. The standard InChI is InChI=1S/C20H25NO4/c1-21(2)18-10-7-16(8-11-18)5-6-17-9-12-19(24-14-22-3)20(13-17)25-15-23-4/h5-13H,14-15H2,1-4H3/b6-5+. The molecule has 0 aliphatic rings. The largest absolute Gasteiger partial charge is 0.464 e. The molecule has 5 heteroatoms. The summed E-state index contributed by atoms with van der Waals surface area (Å²) in [5.41, 5.74) is 3.31. The van der Waals surface area contributed by atoms with Crippen LogP contribution in [0.25, 0.3) is 12.2 Å². The summed E-state index contributed by atoms with van der Waals surface area (Å²) in [6, 6.07) is 14.1. The molecule has 0 saturated heterocycles. The highest BCUT2D eigenvalue weighted by Gasteiger charge is 2.06. The lowest BCUT2D eigenvalue weighted by Crippen LogP contribution is -2.07. The molecule has 0 spiro atoms. The number of rotatable bonds is 9. The van der Waals surface area contributed by atoms with Crippen LogP contribution in [-0.2, 0) is 9.47 Å². The van der Waals surface area contributed by atoms with Gasteiger partial charge < -0.3 is 23.8 Å². The fourth-order valence-electron chi connectivity index (χ4n) is 2.18. The van der Waals surface area contributed by atoms with Crippen molar-refractivity contribution in [1.82, 2.24) is 0 Å². The molecular formula is C20H25NO4. The summed E-state index contributed by atoms with van der Waals surface area (Å²) < 4.78 is 21.0. The maximum atomic E-state index is 5.58. The number of ether oxygens (including phenoxy) is 4. The molecule has 0 unspecified atom stereocenters. The van der Waals surface area contributed by atoms with Gasteiger partial charge in [0.1, 0.15) is 0 Å². The summed E-state index contributed by atoms with van der Waals surface area (Å²) in [6.07, 6.45) is 4.09. The van der Waals surface area contributed by atoms with Crippen LogP contribution >= 0.6 is 0 Å². The van der Waals surface area contributed by atoms with E-state index in [9.17, 15) is 0 Å². The van der Waals surface area contributed by atoms with Crippen LogP contribution in [0.1, 0.15) is 11.1 Å². The Kier molecular flexibility index (Phi) is 7.32. The van der Waals surface area contributed by atoms with E-state index in [1.807, 2.05) is 38.4 Å². The molecule has 0 heterocycles. The van der Waals surface area contributed by atoms with Crippen LogP contribution in [0.4, 0.5) is 5.69 Å². The predicted molar refractivity (Wildman–Crippen MR) is 101 cm³/mol. The van der Waals surface area contributed by atoms with Gasteiger partial charge in [0, 0.05) is 34.0 Å². The Balaban J connectivity index is 2.14. The molecule has 0 aromatic heterocycles. The maximum Gasteiger partial charge on any atom is 0.188 e. The van der Waals surface area contributed by atoms with E-state index in [0.717, 1.165) is 11.1 Å². The predicted octanol–water partition coefficient (Wildman–Crippen LogP) is 3.89. The number of benzene rings is 2. The first-order valence-electron chi connectivity index (χ1n) is 7.97. The Labute approximate surface area is 149 Å². The lowest BCUT2D eigenvalue weighted by molar-refractivity contribution is 0.0322. The second-order valence-corrected chi connectivity index (χ2v) is 5.63. The van der Waals surface area contributed by atoms with Crippen LogP contribution in [0.15, 0.2) is 42.5 Å². The van der Waals surface area contributed by atoms with Crippen molar-refractivity contribution in [1.29, 1.82) is 0 Å². The van der Waals surface area contributed by atoms with Gasteiger partial charge in [-0.1, -0.05) is 30.4 Å². The van der Waals surface area contributed by atoms with Gasteiger partial charge in [-0.2, -0.15) is 0 Å². The number of anilines is 1. The van der Waals surface area contributed by atoms with Crippen molar-refractivity contribution in [2.75, 3.05) is 46.8 Å². The minimum Gasteiger partial charge on any atom is -0.464 e. The van der Waals surface area contributed by atoms with Crippen LogP contribution < -0.4 is 14.4 Å². The van der Waals surface area contributed by atoms with Gasteiger partial charge in [-0.25, -0.2) is 0 Å². The molecule has 0 aliphatic carbocycles. The van der Waals surface area contributed by atoms with Gasteiger partial charge in [0.2, 0.25) is 0 Å². The van der Waals surface area contributed by atoms with Gasteiger partial charge >= 0.3 is 0 Å². The summed E-state index contributed by atoms with van der Waals surface area (Å²) in [4.78, 5) is 2.08. The van der Waals surface area contributed by atoms with Gasteiger partial charge in [0.15, 0.2) is 25.1 Å². The molecular weight excluding hydrogens is 318 g/mol. The van der Waals surface area contributed by atoms with Gasteiger partial charge in [0.25, 0.3) is 0 Å². The number of methoxy groups -OCH3 is 2. The number of hydrogen-bond acceptors (Lipinski definition) is 5. The fourth-order valence-corrected chi connectivity index (χ4v) is 2.18. The third-order valence-electron chi connectivity index (χ3n) is 3.51. The minimum absolute atomic E-state index is 0.155. The Morgan fingerprint density at radius 3 is 1.92 bits per heavy atom. The van der Waals surface area contributed by atoms with E-state index in [-0.39, 0.29) is 13.6 Å². The summed E-state index contributed by atoms with van der Waals surface area (Å²) in [5.74, 6) is 1.23. The van der Waals surface area contributed by atoms with E-state index in [1.54, 1.807) is 14.2 Å². The summed E-state index contributed by atoms with van der Waals surface area (Å²) in [6.45, 7) is 0.319. The SMILES string of the molecule is COCOc1ccc(/C=C/c2ccc(N(C)C)cc2)cc1OCOC. The Morgan fingerprint density at radius 2 is 1.32 bits per heavy atom. The van der Waals surface area contributed by atoms with Crippen molar-refractivity contribution in [3.63, 3.8) is 0 Å². The molecule has 2 aromatic carbocycles. The van der Waals surface area contributed by atoms with E-state index in [1.165, 1.54) is 5.69 Å². The molecule has 0 fully saturated rings. The van der Waals surface area contributed by atoms with Crippen LogP contribution in [0.3, 0.4) is 0 Å². The average molecular weight is 343 g/mol. The Hall–Kier alpha value is -2.50. The molecule has 134 valence electrons. The summed E-state index contributed by atoms with van der Waals surface area (Å²) in [7, 11) is 7.21. The zero-order chi connectivity index (χ0) is 18.1. The van der Waals surface area contributed by atoms with Crippen LogP contribution in [-0.4, -0.2) is 41.9 Å². The normalized spacial score (nSPS) is 10.9.